The predicted octanol–water partition coefficient (Wildman–Crippen LogP) is 3.42. The van der Waals surface area contributed by atoms with Crippen molar-refractivity contribution in [1.29, 1.82) is 0 Å². The molecule has 0 radical (unpaired) electrons. The number of piperidine rings is 1. The highest BCUT2D eigenvalue weighted by Crippen LogP contribution is 2.30. The van der Waals surface area contributed by atoms with Crippen LogP contribution >= 0.6 is 0 Å². The molecule has 2 N–H and O–H groups in total. The zero-order valence-corrected chi connectivity index (χ0v) is 13.8. The van der Waals surface area contributed by atoms with Gasteiger partial charge in [0.1, 0.15) is 5.82 Å². The first kappa shape index (κ1) is 16.5. The lowest BCUT2D eigenvalue weighted by molar-refractivity contribution is 0.149. The third kappa shape index (κ3) is 3.75. The second-order valence-electron chi connectivity index (χ2n) is 6.38. The Morgan fingerprint density at radius 1 is 1.46 bits per heavy atom. The molecule has 1 aliphatic rings. The monoisotopic (exact) mass is 330 g/mol. The molecule has 3 rings (SSSR count). The van der Waals surface area contributed by atoms with Crippen LogP contribution < -0.4 is 5.32 Å². The number of aromatic amines is 1. The van der Waals surface area contributed by atoms with Crippen molar-refractivity contribution in [2.45, 2.75) is 44.7 Å². The summed E-state index contributed by atoms with van der Waals surface area (Å²) < 4.78 is 13.8. The molecule has 2 unspecified atom stereocenters. The van der Waals surface area contributed by atoms with Crippen molar-refractivity contribution < 1.29 is 9.18 Å². The highest BCUT2D eigenvalue weighted by molar-refractivity contribution is 5.75. The Bertz CT molecular complexity index is 673. The minimum Gasteiger partial charge on any atom is -0.335 e. The molecule has 1 aromatic carbocycles. The second kappa shape index (κ2) is 7.47. The smallest absolute Gasteiger partial charge is 0.318 e. The van der Waals surface area contributed by atoms with E-state index in [1.54, 1.807) is 18.3 Å². The maximum atomic E-state index is 13.8. The molecule has 1 aromatic heterocycles. The summed E-state index contributed by atoms with van der Waals surface area (Å²) in [5.41, 5.74) is 1.65. The molecule has 1 aliphatic heterocycles. The van der Waals surface area contributed by atoms with Crippen molar-refractivity contribution in [3.63, 3.8) is 0 Å². The number of aromatic nitrogens is 2. The Morgan fingerprint density at radius 3 is 3.04 bits per heavy atom. The molecular weight excluding hydrogens is 307 g/mol. The minimum atomic E-state index is -0.229. The van der Waals surface area contributed by atoms with Gasteiger partial charge in [-0.3, -0.25) is 5.10 Å². The van der Waals surface area contributed by atoms with Crippen LogP contribution in [0.3, 0.4) is 0 Å². The number of halogens is 1. The van der Waals surface area contributed by atoms with Gasteiger partial charge in [-0.2, -0.15) is 5.10 Å². The molecule has 5 nitrogen and oxygen atoms in total. The lowest BCUT2D eigenvalue weighted by Gasteiger charge is -2.36. The fourth-order valence-corrected chi connectivity index (χ4v) is 3.30. The van der Waals surface area contributed by atoms with Crippen LogP contribution in [0.5, 0.6) is 0 Å². The Kier molecular flexibility index (Phi) is 5.13. The number of urea groups is 1. The summed E-state index contributed by atoms with van der Waals surface area (Å²) in [6, 6.07) is 6.51. The van der Waals surface area contributed by atoms with E-state index in [1.165, 1.54) is 6.07 Å². The summed E-state index contributed by atoms with van der Waals surface area (Å²) in [5, 5.41) is 9.82. The van der Waals surface area contributed by atoms with Crippen molar-refractivity contribution >= 4 is 6.03 Å². The van der Waals surface area contributed by atoms with Crippen molar-refractivity contribution in [3.05, 3.63) is 53.6 Å². The van der Waals surface area contributed by atoms with Crippen LogP contribution in [0.25, 0.3) is 0 Å². The molecule has 0 aliphatic carbocycles. The molecular formula is C18H23FN4O. The predicted molar refractivity (Wildman–Crippen MR) is 90.0 cm³/mol. The van der Waals surface area contributed by atoms with E-state index in [0.717, 1.165) is 31.4 Å². The lowest BCUT2D eigenvalue weighted by Crippen LogP contribution is -2.47. The number of carbonyl (C=O) groups excluding carboxylic acids is 1. The second-order valence-corrected chi connectivity index (χ2v) is 6.38. The molecule has 2 heterocycles. The normalized spacial score (nSPS) is 19.1. The molecule has 2 atom stereocenters. The molecule has 1 saturated heterocycles. The first-order chi connectivity index (χ1) is 11.6. The van der Waals surface area contributed by atoms with E-state index in [2.05, 4.69) is 15.5 Å². The third-order valence-corrected chi connectivity index (χ3v) is 4.52. The van der Waals surface area contributed by atoms with Gasteiger partial charge < -0.3 is 10.2 Å². The Balaban J connectivity index is 1.63. The highest BCUT2D eigenvalue weighted by atomic mass is 19.1. The number of carbonyl (C=O) groups is 1. The largest absolute Gasteiger partial charge is 0.335 e. The van der Waals surface area contributed by atoms with Gasteiger partial charge in [0.25, 0.3) is 0 Å². The summed E-state index contributed by atoms with van der Waals surface area (Å²) in [4.78, 5) is 14.5. The van der Waals surface area contributed by atoms with E-state index in [1.807, 2.05) is 24.1 Å². The number of rotatable bonds is 4. The molecule has 6 heteroatoms. The summed E-state index contributed by atoms with van der Waals surface area (Å²) in [7, 11) is 0. The van der Waals surface area contributed by atoms with Crippen molar-refractivity contribution in [2.75, 3.05) is 6.54 Å². The number of benzene rings is 1. The average molecular weight is 330 g/mol. The van der Waals surface area contributed by atoms with Gasteiger partial charge >= 0.3 is 6.03 Å². The number of H-pyrrole nitrogens is 1. The van der Waals surface area contributed by atoms with E-state index >= 15 is 0 Å². The molecule has 2 amide bonds. The van der Waals surface area contributed by atoms with Crippen LogP contribution in [-0.2, 0) is 6.42 Å². The molecule has 2 aromatic rings. The van der Waals surface area contributed by atoms with Crippen LogP contribution in [-0.4, -0.2) is 33.7 Å². The summed E-state index contributed by atoms with van der Waals surface area (Å²) in [6.07, 6.45) is 7.14. The van der Waals surface area contributed by atoms with Crippen molar-refractivity contribution in [3.8, 4) is 0 Å². The van der Waals surface area contributed by atoms with Crippen LogP contribution in [0.4, 0.5) is 9.18 Å². The van der Waals surface area contributed by atoms with E-state index in [-0.39, 0.29) is 23.9 Å². The van der Waals surface area contributed by atoms with Gasteiger partial charge in [0, 0.05) is 24.3 Å². The summed E-state index contributed by atoms with van der Waals surface area (Å²) in [6.45, 7) is 2.63. The molecule has 128 valence electrons. The molecule has 24 heavy (non-hydrogen) atoms. The zero-order valence-electron chi connectivity index (χ0n) is 13.8. The van der Waals surface area contributed by atoms with Crippen molar-refractivity contribution in [2.24, 2.45) is 0 Å². The number of amides is 2. The number of hydrogen-bond acceptors (Lipinski definition) is 2. The van der Waals surface area contributed by atoms with Crippen LogP contribution in [0, 0.1) is 5.82 Å². The Labute approximate surface area is 141 Å². The van der Waals surface area contributed by atoms with Gasteiger partial charge in [-0.25, -0.2) is 9.18 Å². The highest BCUT2D eigenvalue weighted by Gasteiger charge is 2.29. The number of likely N-dealkylation sites (tertiary alicyclic amines) is 1. The first-order valence-electron chi connectivity index (χ1n) is 8.44. The molecule has 0 bridgehead atoms. The average Bonchev–Trinajstić information content (AvgIpc) is 3.11. The number of nitrogens with zero attached hydrogens (tertiary/aromatic N) is 2. The molecule has 0 spiro atoms. The van der Waals surface area contributed by atoms with Gasteiger partial charge in [0.2, 0.25) is 0 Å². The third-order valence-electron chi connectivity index (χ3n) is 4.52. The van der Waals surface area contributed by atoms with Crippen LogP contribution in [0.2, 0.25) is 0 Å². The fourth-order valence-electron chi connectivity index (χ4n) is 3.30. The van der Waals surface area contributed by atoms with Crippen LogP contribution in [0.1, 0.15) is 43.4 Å². The standard InChI is InChI=1S/C18H23FN4O/c1-13(10-14-6-2-3-7-16(14)19)22-18(24)23-9-5-4-8-17(23)15-11-20-21-12-15/h2-3,6-7,11-13,17H,4-5,8-10H2,1H3,(H,20,21)(H,22,24). The van der Waals surface area contributed by atoms with Crippen molar-refractivity contribution in [1.82, 2.24) is 20.4 Å². The maximum absolute atomic E-state index is 13.8. The first-order valence-corrected chi connectivity index (χ1v) is 8.44. The van der Waals surface area contributed by atoms with E-state index < -0.39 is 0 Å². The van der Waals surface area contributed by atoms with Gasteiger partial charge in [0.05, 0.1) is 12.2 Å². The lowest BCUT2D eigenvalue weighted by atomic mass is 9.98. The Hall–Kier alpha value is -2.37. The number of hydrogen-bond donors (Lipinski definition) is 2. The Morgan fingerprint density at radius 2 is 2.29 bits per heavy atom. The summed E-state index contributed by atoms with van der Waals surface area (Å²) in [5.74, 6) is -0.229. The number of nitrogens with one attached hydrogen (secondary N) is 2. The quantitative estimate of drug-likeness (QED) is 0.902. The van der Waals surface area contributed by atoms with Gasteiger partial charge in [-0.15, -0.1) is 0 Å². The van der Waals surface area contributed by atoms with E-state index in [9.17, 15) is 9.18 Å². The van der Waals surface area contributed by atoms with Gasteiger partial charge in [-0.05, 0) is 44.2 Å². The zero-order chi connectivity index (χ0) is 16.9. The van der Waals surface area contributed by atoms with Crippen LogP contribution in [0.15, 0.2) is 36.7 Å². The summed E-state index contributed by atoms with van der Waals surface area (Å²) >= 11 is 0. The van der Waals surface area contributed by atoms with Gasteiger partial charge in [0.15, 0.2) is 0 Å². The molecule has 0 saturated carbocycles. The fraction of sp³-hybridized carbons (Fsp3) is 0.444. The SMILES string of the molecule is CC(Cc1ccccc1F)NC(=O)N1CCCCC1c1cn[nH]c1. The van der Waals surface area contributed by atoms with E-state index in [0.29, 0.717) is 12.0 Å². The van der Waals surface area contributed by atoms with Gasteiger partial charge in [-0.1, -0.05) is 18.2 Å². The maximum Gasteiger partial charge on any atom is 0.318 e. The minimum absolute atomic E-state index is 0.0539. The van der Waals surface area contributed by atoms with E-state index in [4.69, 9.17) is 0 Å². The topological polar surface area (TPSA) is 61.0 Å². The molecule has 1 fully saturated rings.